The summed E-state index contributed by atoms with van der Waals surface area (Å²) in [4.78, 5) is 23.9. The van der Waals surface area contributed by atoms with Crippen molar-refractivity contribution in [2.24, 2.45) is 25.9 Å². The first kappa shape index (κ1) is 10.8. The molecule has 0 unspecified atom stereocenters. The first-order valence-corrected chi connectivity index (χ1v) is 6.07. The molecule has 1 heterocycles. The molecule has 2 aliphatic rings. The third-order valence-electron chi connectivity index (χ3n) is 3.87. The minimum Gasteiger partial charge on any atom is -0.300 e. The second-order valence-corrected chi connectivity index (χ2v) is 5.32. The highest BCUT2D eigenvalue weighted by Gasteiger charge is 2.48. The molecule has 0 aromatic carbocycles. The second-order valence-electron chi connectivity index (χ2n) is 4.82. The van der Waals surface area contributed by atoms with E-state index in [4.69, 9.17) is 11.6 Å². The average Bonchev–Trinajstić information content (AvgIpc) is 2.98. The maximum atomic E-state index is 12.0. The molecule has 0 bridgehead atoms. The smallest absolute Gasteiger partial charge is 0.300 e. The lowest BCUT2D eigenvalue weighted by molar-refractivity contribution is 0.625. The van der Waals surface area contributed by atoms with E-state index in [1.54, 1.807) is 11.6 Å². The fourth-order valence-corrected chi connectivity index (χ4v) is 3.06. The Morgan fingerprint density at radius 3 is 2.71 bits per heavy atom. The lowest BCUT2D eigenvalue weighted by Crippen LogP contribution is -2.40. The summed E-state index contributed by atoms with van der Waals surface area (Å²) in [5, 5.41) is 0.151. The van der Waals surface area contributed by atoms with Crippen molar-refractivity contribution >= 4 is 17.7 Å². The van der Waals surface area contributed by atoms with Crippen LogP contribution >= 0.6 is 11.6 Å². The summed E-state index contributed by atoms with van der Waals surface area (Å²) in [5.74, 6) is 0.718. The molecule has 4 nitrogen and oxygen atoms in total. The first-order valence-electron chi connectivity index (χ1n) is 5.63. The zero-order valence-electron chi connectivity index (χ0n) is 9.68. The average molecular weight is 253 g/mol. The third-order valence-corrected chi connectivity index (χ3v) is 4.48. The van der Waals surface area contributed by atoms with Gasteiger partial charge in [0.25, 0.3) is 5.56 Å². The van der Waals surface area contributed by atoms with Crippen molar-refractivity contribution in [1.82, 2.24) is 9.13 Å². The van der Waals surface area contributed by atoms with Crippen LogP contribution < -0.4 is 11.2 Å². The van der Waals surface area contributed by atoms with Crippen LogP contribution in [0.5, 0.6) is 0 Å². The van der Waals surface area contributed by atoms with Crippen LogP contribution in [0.25, 0.3) is 6.08 Å². The van der Waals surface area contributed by atoms with Crippen molar-refractivity contribution in [2.75, 3.05) is 0 Å². The maximum absolute atomic E-state index is 12.0. The Labute approximate surface area is 103 Å². The van der Waals surface area contributed by atoms with Crippen LogP contribution in [0.3, 0.4) is 0 Å². The number of hydrogen-bond acceptors (Lipinski definition) is 2. The largest absolute Gasteiger partial charge is 0.330 e. The van der Waals surface area contributed by atoms with Crippen LogP contribution in [0, 0.1) is 11.8 Å². The van der Waals surface area contributed by atoms with Crippen LogP contribution in [0.1, 0.15) is 11.3 Å². The fourth-order valence-electron chi connectivity index (χ4n) is 2.61. The topological polar surface area (TPSA) is 44.0 Å². The Balaban J connectivity index is 2.28. The van der Waals surface area contributed by atoms with Crippen LogP contribution in [0.15, 0.2) is 15.7 Å². The Hall–Kier alpha value is -1.29. The zero-order valence-corrected chi connectivity index (χ0v) is 10.4. The van der Waals surface area contributed by atoms with Gasteiger partial charge in [-0.2, -0.15) is 0 Å². The normalized spacial score (nSPS) is 29.5. The minimum absolute atomic E-state index is 0.151. The second kappa shape index (κ2) is 3.35. The van der Waals surface area contributed by atoms with Gasteiger partial charge in [-0.1, -0.05) is 12.2 Å². The molecule has 1 aromatic heterocycles. The number of nitrogens with zero attached hydrogens (tertiary/aromatic N) is 2. The van der Waals surface area contributed by atoms with Crippen molar-refractivity contribution < 1.29 is 0 Å². The highest BCUT2D eigenvalue weighted by atomic mass is 35.5. The SMILES string of the molecule is Cn1c2c(c(=O)n(C)c1=O)C=C[C@H]1[C@@H](Cl)[C@H]1C2. The molecule has 3 atom stereocenters. The van der Waals surface area contributed by atoms with Gasteiger partial charge in [0.15, 0.2) is 0 Å². The van der Waals surface area contributed by atoms with Crippen molar-refractivity contribution in [3.63, 3.8) is 0 Å². The maximum Gasteiger partial charge on any atom is 0.330 e. The van der Waals surface area contributed by atoms with Gasteiger partial charge < -0.3 is 4.57 Å². The first-order chi connectivity index (χ1) is 8.02. The predicted molar refractivity (Wildman–Crippen MR) is 66.3 cm³/mol. The number of allylic oxidation sites excluding steroid dienone is 1. The summed E-state index contributed by atoms with van der Waals surface area (Å²) in [6.07, 6.45) is 4.53. The van der Waals surface area contributed by atoms with Crippen LogP contribution in [-0.4, -0.2) is 14.5 Å². The molecule has 17 heavy (non-hydrogen) atoms. The third kappa shape index (κ3) is 1.37. The molecule has 5 heteroatoms. The Bertz CT molecular complexity index is 641. The standard InChI is InChI=1S/C12H13ClN2O2/c1-14-9-5-8-6(10(8)13)3-4-7(9)11(16)15(2)12(14)17/h3-4,6,8,10H,5H2,1-2H3/t6-,8+,10-/m1/s1. The molecule has 0 spiro atoms. The van der Waals surface area contributed by atoms with Gasteiger partial charge in [0.1, 0.15) is 0 Å². The van der Waals surface area contributed by atoms with E-state index in [0.29, 0.717) is 23.8 Å². The van der Waals surface area contributed by atoms with Crippen molar-refractivity contribution in [3.05, 3.63) is 38.2 Å². The van der Waals surface area contributed by atoms with Crippen LogP contribution in [-0.2, 0) is 20.5 Å². The van der Waals surface area contributed by atoms with Crippen LogP contribution in [0.4, 0.5) is 0 Å². The van der Waals surface area contributed by atoms with Gasteiger partial charge in [0, 0.05) is 25.2 Å². The van der Waals surface area contributed by atoms with Crippen molar-refractivity contribution in [2.45, 2.75) is 11.8 Å². The summed E-state index contributed by atoms with van der Waals surface area (Å²) < 4.78 is 2.71. The number of fused-ring (bicyclic) bond motifs is 2. The van der Waals surface area contributed by atoms with Crippen molar-refractivity contribution in [1.29, 1.82) is 0 Å². The highest BCUT2D eigenvalue weighted by Crippen LogP contribution is 2.48. The van der Waals surface area contributed by atoms with Gasteiger partial charge in [-0.05, 0) is 18.3 Å². The lowest BCUT2D eigenvalue weighted by Gasteiger charge is -2.12. The number of rotatable bonds is 0. The van der Waals surface area contributed by atoms with E-state index >= 15 is 0 Å². The Morgan fingerprint density at radius 1 is 1.29 bits per heavy atom. The van der Waals surface area contributed by atoms with Gasteiger partial charge in [-0.15, -0.1) is 11.6 Å². The van der Waals surface area contributed by atoms with E-state index in [1.165, 1.54) is 7.05 Å². The molecule has 1 aromatic rings. The highest BCUT2D eigenvalue weighted by molar-refractivity contribution is 6.23. The van der Waals surface area contributed by atoms with E-state index in [2.05, 4.69) is 0 Å². The summed E-state index contributed by atoms with van der Waals surface area (Å²) in [6, 6.07) is 0. The summed E-state index contributed by atoms with van der Waals surface area (Å²) in [7, 11) is 3.22. The molecular weight excluding hydrogens is 240 g/mol. The summed E-state index contributed by atoms with van der Waals surface area (Å²) >= 11 is 6.14. The van der Waals surface area contributed by atoms with Crippen LogP contribution in [0.2, 0.25) is 0 Å². The Morgan fingerprint density at radius 2 is 2.00 bits per heavy atom. The molecule has 90 valence electrons. The number of alkyl halides is 1. The molecule has 2 aliphatic carbocycles. The molecule has 0 radical (unpaired) electrons. The monoisotopic (exact) mass is 252 g/mol. The van der Waals surface area contributed by atoms with E-state index in [0.717, 1.165) is 10.3 Å². The number of halogens is 1. The number of hydrogen-bond donors (Lipinski definition) is 0. The van der Waals surface area contributed by atoms with E-state index < -0.39 is 0 Å². The van der Waals surface area contributed by atoms with Gasteiger partial charge in [0.05, 0.1) is 5.56 Å². The van der Waals surface area contributed by atoms with E-state index in [-0.39, 0.29) is 16.6 Å². The van der Waals surface area contributed by atoms with E-state index in [9.17, 15) is 9.59 Å². The molecule has 1 fully saturated rings. The zero-order chi connectivity index (χ0) is 12.3. The number of aromatic nitrogens is 2. The quantitative estimate of drug-likeness (QED) is 0.632. The van der Waals surface area contributed by atoms with E-state index in [1.807, 2.05) is 12.2 Å². The molecule has 0 aliphatic heterocycles. The fraction of sp³-hybridized carbons (Fsp3) is 0.500. The van der Waals surface area contributed by atoms with Gasteiger partial charge in [-0.25, -0.2) is 4.79 Å². The summed E-state index contributed by atoms with van der Waals surface area (Å²) in [6.45, 7) is 0. The summed E-state index contributed by atoms with van der Waals surface area (Å²) in [5.41, 5.74) is 0.954. The predicted octanol–water partition coefficient (Wildman–Crippen LogP) is 0.507. The molecule has 1 saturated carbocycles. The van der Waals surface area contributed by atoms with Crippen molar-refractivity contribution in [3.8, 4) is 0 Å². The minimum atomic E-state index is -0.271. The molecule has 0 saturated heterocycles. The lowest BCUT2D eigenvalue weighted by atomic mass is 10.1. The van der Waals surface area contributed by atoms with Gasteiger partial charge in [-0.3, -0.25) is 9.36 Å². The molecule has 3 rings (SSSR count). The molecule has 0 amide bonds. The Kier molecular flexibility index (Phi) is 2.14. The van der Waals surface area contributed by atoms with Gasteiger partial charge in [0.2, 0.25) is 0 Å². The van der Waals surface area contributed by atoms with Gasteiger partial charge >= 0.3 is 5.69 Å². The molecular formula is C12H13ClN2O2. The molecule has 0 N–H and O–H groups in total.